The maximum Gasteiger partial charge on any atom is 0.287 e. The maximum atomic E-state index is 12.2. The second-order valence-corrected chi connectivity index (χ2v) is 6.19. The summed E-state index contributed by atoms with van der Waals surface area (Å²) < 4.78 is 1.48. The fourth-order valence-electron chi connectivity index (χ4n) is 3.20. The normalized spacial score (nSPS) is 25.2. The molecule has 2 saturated heterocycles. The van der Waals surface area contributed by atoms with Crippen LogP contribution in [0.1, 0.15) is 19.8 Å². The summed E-state index contributed by atoms with van der Waals surface area (Å²) in [6.45, 7) is 6.82. The van der Waals surface area contributed by atoms with E-state index in [1.165, 1.54) is 4.68 Å². The van der Waals surface area contributed by atoms with E-state index in [0.29, 0.717) is 23.4 Å². The van der Waals surface area contributed by atoms with E-state index in [-0.39, 0.29) is 5.56 Å². The van der Waals surface area contributed by atoms with Gasteiger partial charge in [-0.05, 0) is 18.3 Å². The van der Waals surface area contributed by atoms with Crippen molar-refractivity contribution >= 4 is 17.3 Å². The lowest BCUT2D eigenvalue weighted by Gasteiger charge is -2.20. The van der Waals surface area contributed by atoms with Crippen molar-refractivity contribution in [2.24, 2.45) is 11.8 Å². The van der Waals surface area contributed by atoms with Crippen LogP contribution >= 0.6 is 11.6 Å². The van der Waals surface area contributed by atoms with Gasteiger partial charge in [-0.15, -0.1) is 0 Å². The maximum absolute atomic E-state index is 12.2. The Morgan fingerprint density at radius 1 is 1.40 bits per heavy atom. The van der Waals surface area contributed by atoms with Crippen LogP contribution in [0.15, 0.2) is 11.0 Å². The molecule has 2 aliphatic rings. The molecule has 1 N–H and O–H groups in total. The lowest BCUT2D eigenvalue weighted by molar-refractivity contribution is 0.533. The summed E-state index contributed by atoms with van der Waals surface area (Å²) in [4.78, 5) is 14.4. The van der Waals surface area contributed by atoms with Gasteiger partial charge in [-0.1, -0.05) is 24.9 Å². The molecule has 1 aromatic heterocycles. The van der Waals surface area contributed by atoms with E-state index >= 15 is 0 Å². The molecule has 0 radical (unpaired) electrons. The smallest absolute Gasteiger partial charge is 0.287 e. The summed E-state index contributed by atoms with van der Waals surface area (Å²) in [6.07, 6.45) is 3.74. The largest absolute Gasteiger partial charge is 0.368 e. The number of halogens is 1. The second-order valence-electron chi connectivity index (χ2n) is 5.81. The first-order valence-corrected chi connectivity index (χ1v) is 7.79. The highest BCUT2D eigenvalue weighted by atomic mass is 35.5. The van der Waals surface area contributed by atoms with E-state index in [0.717, 1.165) is 44.7 Å². The molecule has 5 nitrogen and oxygen atoms in total. The molecular weight excluding hydrogens is 276 g/mol. The number of unbranched alkanes of at least 4 members (excludes halogenated alkanes) is 1. The van der Waals surface area contributed by atoms with Crippen molar-refractivity contribution in [1.29, 1.82) is 0 Å². The molecule has 0 saturated carbocycles. The van der Waals surface area contributed by atoms with E-state index in [9.17, 15) is 4.79 Å². The van der Waals surface area contributed by atoms with Gasteiger partial charge >= 0.3 is 0 Å². The Morgan fingerprint density at radius 3 is 2.75 bits per heavy atom. The minimum atomic E-state index is -0.159. The standard InChI is InChI=1S/C14H21ClN4O/c1-2-3-4-19-14(20)13(15)12(7-17-19)18-8-10-5-16-6-11(10)9-18/h7,10-11,16H,2-6,8-9H2,1H3. The van der Waals surface area contributed by atoms with Gasteiger partial charge in [0.05, 0.1) is 11.9 Å². The molecular formula is C14H21ClN4O. The zero-order valence-electron chi connectivity index (χ0n) is 11.8. The molecule has 0 aromatic carbocycles. The molecule has 20 heavy (non-hydrogen) atoms. The van der Waals surface area contributed by atoms with Crippen LogP contribution in [0.25, 0.3) is 0 Å². The summed E-state index contributed by atoms with van der Waals surface area (Å²) >= 11 is 6.28. The van der Waals surface area contributed by atoms with Crippen molar-refractivity contribution in [2.75, 3.05) is 31.1 Å². The van der Waals surface area contributed by atoms with E-state index in [1.807, 2.05) is 0 Å². The molecule has 3 rings (SSSR count). The molecule has 2 fully saturated rings. The van der Waals surface area contributed by atoms with E-state index in [1.54, 1.807) is 6.20 Å². The first-order valence-electron chi connectivity index (χ1n) is 7.42. The number of nitrogens with zero attached hydrogens (tertiary/aromatic N) is 3. The van der Waals surface area contributed by atoms with Crippen molar-refractivity contribution < 1.29 is 0 Å². The van der Waals surface area contributed by atoms with E-state index < -0.39 is 0 Å². The van der Waals surface area contributed by atoms with Crippen LogP contribution in [0.4, 0.5) is 5.69 Å². The van der Waals surface area contributed by atoms with Crippen LogP contribution in [0, 0.1) is 11.8 Å². The number of nitrogens with one attached hydrogen (secondary N) is 1. The molecule has 1 aromatic rings. The molecule has 0 spiro atoms. The second kappa shape index (κ2) is 5.74. The minimum Gasteiger partial charge on any atom is -0.368 e. The summed E-state index contributed by atoms with van der Waals surface area (Å²) in [5, 5.41) is 8.01. The van der Waals surface area contributed by atoms with Gasteiger partial charge in [-0.3, -0.25) is 4.79 Å². The molecule has 2 atom stereocenters. The van der Waals surface area contributed by atoms with Gasteiger partial charge in [0, 0.05) is 32.7 Å². The van der Waals surface area contributed by atoms with Crippen molar-refractivity contribution in [3.8, 4) is 0 Å². The predicted octanol–water partition coefficient (Wildman–Crippen LogP) is 1.35. The number of rotatable bonds is 4. The SMILES string of the molecule is CCCCn1ncc(N2CC3CNCC3C2)c(Cl)c1=O. The molecule has 3 heterocycles. The van der Waals surface area contributed by atoms with Crippen LogP contribution in [0.3, 0.4) is 0 Å². The Labute approximate surface area is 123 Å². The number of aryl methyl sites for hydroxylation is 1. The van der Waals surface area contributed by atoms with Gasteiger partial charge in [-0.2, -0.15) is 5.10 Å². The average molecular weight is 297 g/mol. The van der Waals surface area contributed by atoms with Crippen molar-refractivity contribution in [3.05, 3.63) is 21.6 Å². The lowest BCUT2D eigenvalue weighted by atomic mass is 10.0. The van der Waals surface area contributed by atoms with Crippen molar-refractivity contribution in [3.63, 3.8) is 0 Å². The Balaban J connectivity index is 1.81. The summed E-state index contributed by atoms with van der Waals surface area (Å²) in [5.74, 6) is 1.35. The summed E-state index contributed by atoms with van der Waals surface area (Å²) in [7, 11) is 0. The number of hydrogen-bond acceptors (Lipinski definition) is 4. The Morgan fingerprint density at radius 2 is 2.10 bits per heavy atom. The van der Waals surface area contributed by atoms with E-state index in [4.69, 9.17) is 11.6 Å². The van der Waals surface area contributed by atoms with Gasteiger partial charge in [0.25, 0.3) is 5.56 Å². The summed E-state index contributed by atoms with van der Waals surface area (Å²) in [6, 6.07) is 0. The Bertz CT molecular complexity index is 532. The number of anilines is 1. The van der Waals surface area contributed by atoms with Gasteiger partial charge in [0.15, 0.2) is 0 Å². The molecule has 0 aliphatic carbocycles. The van der Waals surface area contributed by atoms with Crippen LogP contribution in [-0.4, -0.2) is 36.0 Å². The summed E-state index contributed by atoms with van der Waals surface area (Å²) in [5.41, 5.74) is 0.645. The first-order chi connectivity index (χ1) is 9.70. The van der Waals surface area contributed by atoms with Crippen molar-refractivity contribution in [2.45, 2.75) is 26.3 Å². The van der Waals surface area contributed by atoms with Crippen LogP contribution in [0.2, 0.25) is 5.02 Å². The average Bonchev–Trinajstić information content (AvgIpc) is 3.01. The highest BCUT2D eigenvalue weighted by Gasteiger charge is 2.37. The number of aromatic nitrogens is 2. The van der Waals surface area contributed by atoms with Crippen LogP contribution < -0.4 is 15.8 Å². The van der Waals surface area contributed by atoms with E-state index in [2.05, 4.69) is 22.2 Å². The molecule has 2 aliphatic heterocycles. The molecule has 6 heteroatoms. The predicted molar refractivity (Wildman–Crippen MR) is 80.5 cm³/mol. The highest BCUT2D eigenvalue weighted by Crippen LogP contribution is 2.32. The molecule has 0 bridgehead atoms. The molecule has 2 unspecified atom stereocenters. The van der Waals surface area contributed by atoms with Gasteiger partial charge in [-0.25, -0.2) is 4.68 Å². The highest BCUT2D eigenvalue weighted by molar-refractivity contribution is 6.33. The lowest BCUT2D eigenvalue weighted by Crippen LogP contribution is -2.30. The zero-order chi connectivity index (χ0) is 14.1. The third-order valence-electron chi connectivity index (χ3n) is 4.42. The zero-order valence-corrected chi connectivity index (χ0v) is 12.6. The quantitative estimate of drug-likeness (QED) is 0.911. The van der Waals surface area contributed by atoms with Gasteiger partial charge in [0.2, 0.25) is 0 Å². The topological polar surface area (TPSA) is 50.2 Å². The first kappa shape index (κ1) is 13.9. The van der Waals surface area contributed by atoms with Crippen LogP contribution in [0.5, 0.6) is 0 Å². The fourth-order valence-corrected chi connectivity index (χ4v) is 3.46. The Hall–Kier alpha value is -1.07. The molecule has 110 valence electrons. The van der Waals surface area contributed by atoms with Gasteiger partial charge < -0.3 is 10.2 Å². The molecule has 0 amide bonds. The van der Waals surface area contributed by atoms with Gasteiger partial charge in [0.1, 0.15) is 5.02 Å². The third-order valence-corrected chi connectivity index (χ3v) is 4.78. The number of hydrogen-bond donors (Lipinski definition) is 1. The van der Waals surface area contributed by atoms with Crippen molar-refractivity contribution in [1.82, 2.24) is 15.1 Å². The fraction of sp³-hybridized carbons (Fsp3) is 0.714. The third kappa shape index (κ3) is 2.44. The number of fused-ring (bicyclic) bond motifs is 1. The Kier molecular flexibility index (Phi) is 3.98. The van der Waals surface area contributed by atoms with Crippen LogP contribution in [-0.2, 0) is 6.54 Å². The minimum absolute atomic E-state index is 0.159. The monoisotopic (exact) mass is 296 g/mol.